The molecule has 0 unspecified atom stereocenters. The second kappa shape index (κ2) is 10.2. The van der Waals surface area contributed by atoms with Gasteiger partial charge in [-0.1, -0.05) is 6.07 Å². The van der Waals surface area contributed by atoms with Crippen molar-refractivity contribution in [2.45, 2.75) is 13.5 Å². The molecule has 0 spiro atoms. The molecule has 34 heavy (non-hydrogen) atoms. The Bertz CT molecular complexity index is 1310. The summed E-state index contributed by atoms with van der Waals surface area (Å²) in [5.41, 5.74) is 3.11. The number of thiazole rings is 1. The Morgan fingerprint density at radius 3 is 2.62 bits per heavy atom. The quantitative estimate of drug-likeness (QED) is 0.341. The van der Waals surface area contributed by atoms with Crippen molar-refractivity contribution in [1.82, 2.24) is 4.98 Å². The molecule has 0 fully saturated rings. The molecule has 0 aliphatic heterocycles. The van der Waals surface area contributed by atoms with Crippen LogP contribution in [0, 0.1) is 6.92 Å². The molecular weight excluding hydrogens is 456 g/mol. The van der Waals surface area contributed by atoms with E-state index in [1.807, 2.05) is 30.5 Å². The van der Waals surface area contributed by atoms with Crippen LogP contribution in [0.25, 0.3) is 10.6 Å². The van der Waals surface area contributed by atoms with Crippen molar-refractivity contribution in [3.63, 3.8) is 0 Å². The summed E-state index contributed by atoms with van der Waals surface area (Å²) in [7, 11) is 3.16. The van der Waals surface area contributed by atoms with Crippen molar-refractivity contribution >= 4 is 28.9 Å². The lowest BCUT2D eigenvalue weighted by Gasteiger charge is -2.10. The van der Waals surface area contributed by atoms with E-state index in [1.54, 1.807) is 44.6 Å². The molecule has 8 nitrogen and oxygen atoms in total. The SMILES string of the molecule is COc1ccc(-c2nc(COC(=O)c3ccc(C)c(NC(=O)c4ccco4)c3)cs2)cc1OC. The molecule has 0 saturated heterocycles. The maximum absolute atomic E-state index is 12.6. The first-order valence-corrected chi connectivity index (χ1v) is 11.2. The van der Waals surface area contributed by atoms with E-state index in [4.69, 9.17) is 18.6 Å². The molecule has 0 aliphatic rings. The summed E-state index contributed by atoms with van der Waals surface area (Å²) in [6.45, 7) is 1.85. The number of ether oxygens (including phenoxy) is 3. The number of aryl methyl sites for hydroxylation is 1. The first-order chi connectivity index (χ1) is 16.5. The van der Waals surface area contributed by atoms with Gasteiger partial charge in [-0.05, 0) is 55.0 Å². The molecule has 174 valence electrons. The molecule has 0 saturated carbocycles. The van der Waals surface area contributed by atoms with Gasteiger partial charge >= 0.3 is 5.97 Å². The van der Waals surface area contributed by atoms with E-state index in [0.717, 1.165) is 16.1 Å². The number of methoxy groups -OCH3 is 2. The monoisotopic (exact) mass is 478 g/mol. The summed E-state index contributed by atoms with van der Waals surface area (Å²) < 4.78 is 21.2. The molecule has 2 aromatic carbocycles. The number of carbonyl (C=O) groups excluding carboxylic acids is 2. The third-order valence-electron chi connectivity index (χ3n) is 5.00. The molecule has 1 N–H and O–H groups in total. The Kier molecular flexibility index (Phi) is 6.93. The summed E-state index contributed by atoms with van der Waals surface area (Å²) in [4.78, 5) is 29.4. The Balaban J connectivity index is 1.41. The van der Waals surface area contributed by atoms with Crippen LogP contribution in [0.5, 0.6) is 11.5 Å². The topological polar surface area (TPSA) is 99.9 Å². The zero-order valence-electron chi connectivity index (χ0n) is 18.8. The van der Waals surface area contributed by atoms with Crippen molar-refractivity contribution in [2.24, 2.45) is 0 Å². The number of nitrogens with one attached hydrogen (secondary N) is 1. The van der Waals surface area contributed by atoms with Crippen molar-refractivity contribution < 1.29 is 28.2 Å². The van der Waals surface area contributed by atoms with Crippen LogP contribution >= 0.6 is 11.3 Å². The average molecular weight is 479 g/mol. The van der Waals surface area contributed by atoms with Gasteiger partial charge in [0.25, 0.3) is 5.91 Å². The molecule has 1 amide bonds. The minimum Gasteiger partial charge on any atom is -0.493 e. The minimum atomic E-state index is -0.519. The van der Waals surface area contributed by atoms with E-state index in [-0.39, 0.29) is 12.4 Å². The summed E-state index contributed by atoms with van der Waals surface area (Å²) in [5.74, 6) is 0.506. The third-order valence-corrected chi connectivity index (χ3v) is 5.94. The number of rotatable bonds is 8. The summed E-state index contributed by atoms with van der Waals surface area (Å²) in [6.07, 6.45) is 1.42. The summed E-state index contributed by atoms with van der Waals surface area (Å²) in [5, 5.41) is 5.36. The summed E-state index contributed by atoms with van der Waals surface area (Å²) >= 11 is 1.44. The number of amides is 1. The number of hydrogen-bond donors (Lipinski definition) is 1. The standard InChI is InChI=1S/C25H22N2O6S/c1-15-6-7-17(11-19(15)27-23(28)21-5-4-10-32-21)25(29)33-13-18-14-34-24(26-18)16-8-9-20(30-2)22(12-16)31-3/h4-12,14H,13H2,1-3H3,(H,27,28). The zero-order chi connectivity index (χ0) is 24.1. The number of benzene rings is 2. The number of nitrogens with zero attached hydrogens (tertiary/aromatic N) is 1. The highest BCUT2D eigenvalue weighted by molar-refractivity contribution is 7.13. The van der Waals surface area contributed by atoms with Crippen molar-refractivity contribution in [2.75, 3.05) is 19.5 Å². The van der Waals surface area contributed by atoms with Gasteiger partial charge in [0.1, 0.15) is 11.6 Å². The molecule has 0 aliphatic carbocycles. The second-order valence-electron chi connectivity index (χ2n) is 7.25. The van der Waals surface area contributed by atoms with Crippen LogP contribution in [0.15, 0.2) is 64.6 Å². The lowest BCUT2D eigenvalue weighted by Crippen LogP contribution is -2.13. The molecule has 0 radical (unpaired) electrons. The molecule has 4 rings (SSSR count). The predicted molar refractivity (Wildman–Crippen MR) is 128 cm³/mol. The Labute approximate surface area is 200 Å². The van der Waals surface area contributed by atoms with E-state index in [2.05, 4.69) is 10.3 Å². The maximum atomic E-state index is 12.6. The Hall–Kier alpha value is -4.11. The molecule has 9 heteroatoms. The fraction of sp³-hybridized carbons (Fsp3) is 0.160. The number of furan rings is 1. The van der Waals surface area contributed by atoms with E-state index >= 15 is 0 Å². The molecule has 2 heterocycles. The number of esters is 1. The first-order valence-electron chi connectivity index (χ1n) is 10.3. The van der Waals surface area contributed by atoms with Crippen molar-refractivity contribution in [3.8, 4) is 22.1 Å². The van der Waals surface area contributed by atoms with Gasteiger partial charge in [-0.25, -0.2) is 9.78 Å². The van der Waals surface area contributed by atoms with Gasteiger partial charge in [0.2, 0.25) is 0 Å². The molecule has 0 bridgehead atoms. The van der Waals surface area contributed by atoms with Crippen molar-refractivity contribution in [3.05, 3.63) is 82.8 Å². The van der Waals surface area contributed by atoms with E-state index in [1.165, 1.54) is 17.6 Å². The normalized spacial score (nSPS) is 10.6. The van der Waals surface area contributed by atoms with Crippen LogP contribution in [0.3, 0.4) is 0 Å². The lowest BCUT2D eigenvalue weighted by atomic mass is 10.1. The average Bonchev–Trinajstić information content (AvgIpc) is 3.56. The Morgan fingerprint density at radius 1 is 1.06 bits per heavy atom. The number of aromatic nitrogens is 1. The number of hydrogen-bond acceptors (Lipinski definition) is 8. The van der Waals surface area contributed by atoms with Crippen LogP contribution in [0.1, 0.15) is 32.2 Å². The van der Waals surface area contributed by atoms with Crippen LogP contribution in [0.4, 0.5) is 5.69 Å². The summed E-state index contributed by atoms with van der Waals surface area (Å²) in [6, 6.07) is 13.7. The molecule has 2 aromatic heterocycles. The maximum Gasteiger partial charge on any atom is 0.338 e. The number of anilines is 1. The van der Waals surface area contributed by atoms with Gasteiger partial charge in [0, 0.05) is 16.6 Å². The van der Waals surface area contributed by atoms with Gasteiger partial charge in [-0.2, -0.15) is 0 Å². The van der Waals surface area contributed by atoms with Crippen LogP contribution < -0.4 is 14.8 Å². The molecular formula is C25H22N2O6S. The Morgan fingerprint density at radius 2 is 1.88 bits per heavy atom. The van der Waals surface area contributed by atoms with E-state index in [0.29, 0.717) is 28.4 Å². The van der Waals surface area contributed by atoms with Crippen LogP contribution in [-0.2, 0) is 11.3 Å². The van der Waals surface area contributed by atoms with E-state index in [9.17, 15) is 9.59 Å². The minimum absolute atomic E-state index is 0.0184. The van der Waals surface area contributed by atoms with Crippen molar-refractivity contribution in [1.29, 1.82) is 0 Å². The van der Waals surface area contributed by atoms with E-state index < -0.39 is 11.9 Å². The third kappa shape index (κ3) is 5.10. The zero-order valence-corrected chi connectivity index (χ0v) is 19.6. The number of carbonyl (C=O) groups is 2. The van der Waals surface area contributed by atoms with Crippen LogP contribution in [0.2, 0.25) is 0 Å². The van der Waals surface area contributed by atoms with Gasteiger partial charge in [-0.3, -0.25) is 4.79 Å². The molecule has 0 atom stereocenters. The second-order valence-corrected chi connectivity index (χ2v) is 8.11. The van der Waals surface area contributed by atoms with Gasteiger partial charge in [-0.15, -0.1) is 11.3 Å². The largest absolute Gasteiger partial charge is 0.493 e. The fourth-order valence-corrected chi connectivity index (χ4v) is 3.97. The highest BCUT2D eigenvalue weighted by Crippen LogP contribution is 2.33. The van der Waals surface area contributed by atoms with Gasteiger partial charge < -0.3 is 23.9 Å². The highest BCUT2D eigenvalue weighted by atomic mass is 32.1. The molecule has 4 aromatic rings. The van der Waals surface area contributed by atoms with Gasteiger partial charge in [0.05, 0.1) is 31.7 Å². The smallest absolute Gasteiger partial charge is 0.338 e. The van der Waals surface area contributed by atoms with Crippen LogP contribution in [-0.4, -0.2) is 31.1 Å². The first kappa shape index (κ1) is 23.1. The van der Waals surface area contributed by atoms with Gasteiger partial charge in [0.15, 0.2) is 17.3 Å². The highest BCUT2D eigenvalue weighted by Gasteiger charge is 2.15. The lowest BCUT2D eigenvalue weighted by molar-refractivity contribution is 0.0468. The predicted octanol–water partition coefficient (Wildman–Crippen LogP) is 5.34. The fourth-order valence-electron chi connectivity index (χ4n) is 3.17.